The van der Waals surface area contributed by atoms with Gasteiger partial charge in [-0.3, -0.25) is 0 Å². The second kappa shape index (κ2) is 5.90. The smallest absolute Gasteiger partial charge is 0.377 e. The monoisotopic (exact) mass is 267 g/mol. The van der Waals surface area contributed by atoms with Crippen molar-refractivity contribution in [1.29, 1.82) is 0 Å². The van der Waals surface area contributed by atoms with E-state index in [2.05, 4.69) is 0 Å². The highest BCUT2D eigenvalue weighted by Crippen LogP contribution is 2.41. The second-order valence-corrected chi connectivity index (χ2v) is 3.84. The van der Waals surface area contributed by atoms with Gasteiger partial charge in [0.2, 0.25) is 0 Å². The lowest BCUT2D eigenvalue weighted by Crippen LogP contribution is -2.52. The Kier molecular flexibility index (Phi) is 5.73. The molecule has 1 unspecified atom stereocenters. The summed E-state index contributed by atoms with van der Waals surface area (Å²) in [5.74, 6) is -3.43. The third kappa shape index (κ3) is 5.58. The van der Waals surface area contributed by atoms with Crippen LogP contribution in [0.5, 0.6) is 0 Å². The maximum absolute atomic E-state index is 12.4. The lowest BCUT2D eigenvalue weighted by atomic mass is 9.99. The lowest BCUT2D eigenvalue weighted by Gasteiger charge is -2.30. The summed E-state index contributed by atoms with van der Waals surface area (Å²) in [6.45, 7) is 2.41. The molecule has 17 heavy (non-hydrogen) atoms. The van der Waals surface area contributed by atoms with Gasteiger partial charge in [0.05, 0.1) is 18.8 Å². The molecule has 2 nitrogen and oxygen atoms in total. The van der Waals surface area contributed by atoms with E-state index in [4.69, 9.17) is 4.74 Å². The van der Waals surface area contributed by atoms with Crippen molar-refractivity contribution < 1.29 is 31.1 Å². The van der Waals surface area contributed by atoms with E-state index in [1.165, 1.54) is 13.8 Å². The Balaban J connectivity index is 4.88. The maximum Gasteiger partial charge on any atom is 0.402 e. The molecule has 0 aliphatic rings. The summed E-state index contributed by atoms with van der Waals surface area (Å²) in [5.41, 5.74) is 0. The van der Waals surface area contributed by atoms with Crippen molar-refractivity contribution in [2.75, 3.05) is 13.7 Å². The number of hydrogen-bond donors (Lipinski definition) is 1. The second-order valence-electron chi connectivity index (χ2n) is 3.84. The van der Waals surface area contributed by atoms with Crippen LogP contribution in [0.1, 0.15) is 13.8 Å². The third-order valence-corrected chi connectivity index (χ3v) is 2.09. The van der Waals surface area contributed by atoms with Crippen LogP contribution in [0.15, 0.2) is 0 Å². The van der Waals surface area contributed by atoms with Crippen LogP contribution in [0.3, 0.4) is 0 Å². The zero-order valence-electron chi connectivity index (χ0n) is 9.62. The van der Waals surface area contributed by atoms with Crippen molar-refractivity contribution in [3.05, 3.63) is 0 Å². The molecule has 1 atom stereocenters. The summed E-state index contributed by atoms with van der Waals surface area (Å²) < 4.78 is 79.0. The number of rotatable bonds is 5. The van der Waals surface area contributed by atoms with E-state index in [0.717, 1.165) is 7.05 Å². The van der Waals surface area contributed by atoms with Crippen molar-refractivity contribution in [3.63, 3.8) is 0 Å². The van der Waals surface area contributed by atoms with Gasteiger partial charge in [-0.25, -0.2) is 0 Å². The molecule has 0 bridgehead atoms. The van der Waals surface area contributed by atoms with Crippen LogP contribution in [0, 0.1) is 5.92 Å². The molecule has 0 fully saturated rings. The third-order valence-electron chi connectivity index (χ3n) is 2.09. The normalized spacial score (nSPS) is 15.7. The van der Waals surface area contributed by atoms with E-state index in [-0.39, 0.29) is 0 Å². The van der Waals surface area contributed by atoms with Gasteiger partial charge < -0.3 is 10.1 Å². The topological polar surface area (TPSA) is 21.3 Å². The van der Waals surface area contributed by atoms with Crippen molar-refractivity contribution in [1.82, 2.24) is 5.32 Å². The molecule has 0 aliphatic carbocycles. The van der Waals surface area contributed by atoms with Crippen molar-refractivity contribution in [2.24, 2.45) is 5.92 Å². The number of likely N-dealkylation sites (N-methyl/N-ethyl adjacent to an activating group) is 1. The van der Waals surface area contributed by atoms with Crippen LogP contribution in [0.2, 0.25) is 0 Å². The van der Waals surface area contributed by atoms with Crippen molar-refractivity contribution in [2.45, 2.75) is 38.3 Å². The Labute approximate surface area is 95.3 Å². The van der Waals surface area contributed by atoms with Crippen LogP contribution >= 0.6 is 0 Å². The van der Waals surface area contributed by atoms with E-state index in [9.17, 15) is 26.3 Å². The first-order valence-corrected chi connectivity index (χ1v) is 4.92. The minimum atomic E-state index is -5.35. The largest absolute Gasteiger partial charge is 0.402 e. The molecule has 0 aliphatic heterocycles. The molecule has 0 rings (SSSR count). The predicted molar refractivity (Wildman–Crippen MR) is 49.5 cm³/mol. The Bertz CT molecular complexity index is 211. The van der Waals surface area contributed by atoms with Crippen LogP contribution in [-0.2, 0) is 4.74 Å². The van der Waals surface area contributed by atoms with E-state index >= 15 is 0 Å². The fourth-order valence-corrected chi connectivity index (χ4v) is 1.28. The van der Waals surface area contributed by atoms with E-state index in [0.29, 0.717) is 0 Å². The summed E-state index contributed by atoms with van der Waals surface area (Å²) in [5, 5.41) is 2.01. The van der Waals surface area contributed by atoms with Gasteiger partial charge >= 0.3 is 12.4 Å². The molecular formula is C9H15F6NO. The summed E-state index contributed by atoms with van der Waals surface area (Å²) in [6, 6.07) is -1.85. The van der Waals surface area contributed by atoms with E-state index < -0.39 is 37.0 Å². The first-order valence-electron chi connectivity index (χ1n) is 4.92. The zero-order valence-corrected chi connectivity index (χ0v) is 9.62. The zero-order chi connectivity index (χ0) is 13.9. The molecule has 0 aromatic rings. The minimum absolute atomic E-state index is 0.437. The first-order chi connectivity index (χ1) is 7.50. The predicted octanol–water partition coefficient (Wildman–Crippen LogP) is 2.74. The Hall–Kier alpha value is -0.500. The van der Waals surface area contributed by atoms with Gasteiger partial charge in [-0.1, -0.05) is 0 Å². The highest BCUT2D eigenvalue weighted by atomic mass is 19.4. The maximum atomic E-state index is 12.4. The van der Waals surface area contributed by atoms with Gasteiger partial charge in [0.15, 0.2) is 5.92 Å². The molecule has 0 aromatic carbocycles. The van der Waals surface area contributed by atoms with Crippen LogP contribution in [0.25, 0.3) is 0 Å². The average molecular weight is 267 g/mol. The molecule has 0 saturated heterocycles. The molecule has 0 amide bonds. The molecule has 0 spiro atoms. The fraction of sp³-hybridized carbons (Fsp3) is 1.00. The average Bonchev–Trinajstić information content (AvgIpc) is 2.06. The van der Waals surface area contributed by atoms with Crippen LogP contribution in [0.4, 0.5) is 26.3 Å². The molecule has 0 aromatic heterocycles. The van der Waals surface area contributed by atoms with Gasteiger partial charge in [0.1, 0.15) is 0 Å². The molecule has 0 saturated carbocycles. The lowest BCUT2D eigenvalue weighted by molar-refractivity contribution is -0.294. The Morgan fingerprint density at radius 3 is 1.65 bits per heavy atom. The number of ether oxygens (including phenoxy) is 1. The fourth-order valence-electron chi connectivity index (χ4n) is 1.28. The highest BCUT2D eigenvalue weighted by Gasteiger charge is 2.59. The molecule has 1 N–H and O–H groups in total. The summed E-state index contributed by atoms with van der Waals surface area (Å²) in [6.07, 6.45) is -11.1. The van der Waals surface area contributed by atoms with Crippen molar-refractivity contribution >= 4 is 0 Å². The number of hydrogen-bond acceptors (Lipinski definition) is 2. The van der Waals surface area contributed by atoms with Gasteiger partial charge in [0.25, 0.3) is 0 Å². The Morgan fingerprint density at radius 1 is 1.00 bits per heavy atom. The standard InChI is InChI=1S/C9H15F6NO/c1-5(2)17-4-6(16-3)7(8(10,11)12)9(13,14)15/h5-7,16H,4H2,1-3H3. The van der Waals surface area contributed by atoms with Gasteiger partial charge in [-0.2, -0.15) is 26.3 Å². The number of nitrogens with one attached hydrogen (secondary N) is 1. The van der Waals surface area contributed by atoms with Crippen molar-refractivity contribution in [3.8, 4) is 0 Å². The number of alkyl halides is 6. The van der Waals surface area contributed by atoms with Gasteiger partial charge in [0, 0.05) is 0 Å². The van der Waals surface area contributed by atoms with Gasteiger partial charge in [-0.05, 0) is 20.9 Å². The molecular weight excluding hydrogens is 252 g/mol. The quantitative estimate of drug-likeness (QED) is 0.773. The summed E-state index contributed by atoms with van der Waals surface area (Å²) in [7, 11) is 1.04. The van der Waals surface area contributed by atoms with E-state index in [1.54, 1.807) is 0 Å². The molecule has 0 radical (unpaired) electrons. The molecule has 8 heteroatoms. The highest BCUT2D eigenvalue weighted by molar-refractivity contribution is 4.86. The molecule has 104 valence electrons. The van der Waals surface area contributed by atoms with Crippen LogP contribution < -0.4 is 5.32 Å². The number of halogens is 6. The summed E-state index contributed by atoms with van der Waals surface area (Å²) >= 11 is 0. The SMILES string of the molecule is CNC(COC(C)C)C(C(F)(F)F)C(F)(F)F. The Morgan fingerprint density at radius 2 is 1.41 bits per heavy atom. The van der Waals surface area contributed by atoms with Gasteiger partial charge in [-0.15, -0.1) is 0 Å². The van der Waals surface area contributed by atoms with Crippen LogP contribution in [-0.4, -0.2) is 38.2 Å². The minimum Gasteiger partial charge on any atom is -0.377 e. The summed E-state index contributed by atoms with van der Waals surface area (Å²) in [4.78, 5) is 0. The molecule has 0 heterocycles. The van der Waals surface area contributed by atoms with E-state index in [1.807, 2.05) is 5.32 Å². The first kappa shape index (κ1) is 16.5.